The molecule has 0 fully saturated rings. The second kappa shape index (κ2) is 12.2. The fraction of sp³-hybridized carbons (Fsp3) is 0.273. The van der Waals surface area contributed by atoms with Crippen molar-refractivity contribution in [3.05, 3.63) is 77.9 Å². The maximum absolute atomic E-state index is 13.1. The minimum atomic E-state index is -0.254. The summed E-state index contributed by atoms with van der Waals surface area (Å²) in [5, 5.41) is 11.1. The highest BCUT2D eigenvalue weighted by Crippen LogP contribution is 2.12. The Morgan fingerprint density at radius 2 is 1.80 bits per heavy atom. The van der Waals surface area contributed by atoms with Crippen LogP contribution < -0.4 is 15.4 Å². The van der Waals surface area contributed by atoms with Gasteiger partial charge in [0, 0.05) is 25.7 Å². The number of hydrogen-bond donors (Lipinski definition) is 2. The van der Waals surface area contributed by atoms with Gasteiger partial charge in [0.25, 0.3) is 0 Å². The molecule has 1 aromatic heterocycles. The summed E-state index contributed by atoms with van der Waals surface area (Å²) in [7, 11) is 1.66. The number of hydrogen-bond acceptors (Lipinski definition) is 3. The topological polar surface area (TPSA) is 63.5 Å². The Morgan fingerprint density at radius 1 is 1.07 bits per heavy atom. The third kappa shape index (κ3) is 7.01. The molecule has 0 atom stereocenters. The third-order valence-corrected chi connectivity index (χ3v) is 4.33. The van der Waals surface area contributed by atoms with Crippen molar-refractivity contribution in [1.29, 1.82) is 0 Å². The first kappa shape index (κ1) is 23.7. The molecule has 0 radical (unpaired) electrons. The van der Waals surface area contributed by atoms with Crippen LogP contribution in [0.1, 0.15) is 18.2 Å². The standard InChI is InChI=1S/C22H26FN5O.HI/c1-3-24-22(26-16-17-4-10-21(29-2)11-5-17)25-14-12-19-13-15-28(27-19)20-8-6-18(23)7-9-20;/h4-11,13,15H,3,12,14,16H2,1-2H3,(H2,24,25,26);1H. The molecule has 0 spiro atoms. The van der Waals surface area contributed by atoms with Crippen molar-refractivity contribution in [1.82, 2.24) is 20.4 Å². The monoisotopic (exact) mass is 523 g/mol. The Labute approximate surface area is 193 Å². The zero-order valence-corrected chi connectivity index (χ0v) is 19.5. The van der Waals surface area contributed by atoms with E-state index in [2.05, 4.69) is 20.7 Å². The van der Waals surface area contributed by atoms with Gasteiger partial charge < -0.3 is 15.4 Å². The zero-order valence-electron chi connectivity index (χ0n) is 17.1. The quantitative estimate of drug-likeness (QED) is 0.267. The number of nitrogens with zero attached hydrogens (tertiary/aromatic N) is 3. The minimum absolute atomic E-state index is 0. The van der Waals surface area contributed by atoms with E-state index in [9.17, 15) is 4.39 Å². The highest BCUT2D eigenvalue weighted by molar-refractivity contribution is 14.0. The molecule has 0 unspecified atom stereocenters. The zero-order chi connectivity index (χ0) is 20.5. The largest absolute Gasteiger partial charge is 0.497 e. The van der Waals surface area contributed by atoms with Gasteiger partial charge in [0.2, 0.25) is 0 Å². The van der Waals surface area contributed by atoms with Gasteiger partial charge in [-0.2, -0.15) is 5.10 Å². The van der Waals surface area contributed by atoms with E-state index in [1.165, 1.54) is 12.1 Å². The van der Waals surface area contributed by atoms with Crippen LogP contribution in [-0.4, -0.2) is 35.9 Å². The number of nitrogens with one attached hydrogen (secondary N) is 2. The van der Waals surface area contributed by atoms with E-state index in [0.717, 1.165) is 41.6 Å². The highest BCUT2D eigenvalue weighted by Gasteiger charge is 2.03. The van der Waals surface area contributed by atoms with Crippen LogP contribution in [0.3, 0.4) is 0 Å². The van der Waals surface area contributed by atoms with Gasteiger partial charge in [0.05, 0.1) is 25.0 Å². The fourth-order valence-corrected chi connectivity index (χ4v) is 2.78. The van der Waals surface area contributed by atoms with Crippen molar-refractivity contribution >= 4 is 29.9 Å². The molecule has 0 bridgehead atoms. The lowest BCUT2D eigenvalue weighted by Crippen LogP contribution is -2.38. The Bertz CT molecular complexity index is 925. The molecule has 0 saturated heterocycles. The van der Waals surface area contributed by atoms with Gasteiger partial charge in [-0.05, 0) is 55.0 Å². The molecule has 3 aromatic rings. The van der Waals surface area contributed by atoms with Gasteiger partial charge in [-0.1, -0.05) is 12.1 Å². The van der Waals surface area contributed by atoms with E-state index in [0.29, 0.717) is 13.1 Å². The number of methoxy groups -OCH3 is 1. The summed E-state index contributed by atoms with van der Waals surface area (Å²) in [6.07, 6.45) is 2.63. The number of ether oxygens (including phenoxy) is 1. The van der Waals surface area contributed by atoms with Crippen molar-refractivity contribution in [2.75, 3.05) is 20.2 Å². The molecule has 1 heterocycles. The normalized spacial score (nSPS) is 11.0. The molecule has 3 rings (SSSR count). The van der Waals surface area contributed by atoms with Crippen LogP contribution in [0.15, 0.2) is 65.8 Å². The maximum atomic E-state index is 13.1. The lowest BCUT2D eigenvalue weighted by atomic mass is 10.2. The predicted molar refractivity (Wildman–Crippen MR) is 128 cm³/mol. The molecule has 2 aromatic carbocycles. The van der Waals surface area contributed by atoms with E-state index < -0.39 is 0 Å². The van der Waals surface area contributed by atoms with E-state index in [4.69, 9.17) is 4.74 Å². The second-order valence-corrected chi connectivity index (χ2v) is 6.45. The molecule has 0 aliphatic rings. The lowest BCUT2D eigenvalue weighted by molar-refractivity contribution is 0.414. The fourth-order valence-electron chi connectivity index (χ4n) is 2.78. The summed E-state index contributed by atoms with van der Waals surface area (Å²) in [5.74, 6) is 1.35. The van der Waals surface area contributed by atoms with Crippen molar-refractivity contribution in [2.45, 2.75) is 19.9 Å². The van der Waals surface area contributed by atoms with Gasteiger partial charge in [0.1, 0.15) is 11.6 Å². The van der Waals surface area contributed by atoms with Crippen LogP contribution in [-0.2, 0) is 13.0 Å². The van der Waals surface area contributed by atoms with Gasteiger partial charge in [-0.25, -0.2) is 14.1 Å². The number of benzene rings is 2. The Morgan fingerprint density at radius 3 is 2.47 bits per heavy atom. The molecule has 0 saturated carbocycles. The number of rotatable bonds is 8. The average molecular weight is 523 g/mol. The first-order valence-electron chi connectivity index (χ1n) is 9.63. The number of halogens is 2. The van der Waals surface area contributed by atoms with E-state index in [1.54, 1.807) is 23.9 Å². The van der Waals surface area contributed by atoms with E-state index >= 15 is 0 Å². The highest BCUT2D eigenvalue weighted by atomic mass is 127. The molecule has 0 aliphatic carbocycles. The molecule has 6 nitrogen and oxygen atoms in total. The SMILES string of the molecule is CCNC(=NCc1ccc(OC)cc1)NCCc1ccn(-c2ccc(F)cc2)n1.I. The summed E-state index contributed by atoms with van der Waals surface area (Å²) in [5.41, 5.74) is 2.90. The first-order valence-corrected chi connectivity index (χ1v) is 9.63. The van der Waals surface area contributed by atoms with Crippen molar-refractivity contribution in [3.8, 4) is 11.4 Å². The van der Waals surface area contributed by atoms with Crippen molar-refractivity contribution in [3.63, 3.8) is 0 Å². The second-order valence-electron chi connectivity index (χ2n) is 6.45. The molecular formula is C22H27FIN5O. The number of aliphatic imine (C=N–C) groups is 1. The summed E-state index contributed by atoms with van der Waals surface area (Å²) >= 11 is 0. The van der Waals surface area contributed by atoms with Gasteiger partial charge in [-0.3, -0.25) is 0 Å². The van der Waals surface area contributed by atoms with E-state index in [1.807, 2.05) is 43.5 Å². The molecule has 2 N–H and O–H groups in total. The smallest absolute Gasteiger partial charge is 0.191 e. The van der Waals surface area contributed by atoms with Gasteiger partial charge in [0.15, 0.2) is 5.96 Å². The summed E-state index contributed by atoms with van der Waals surface area (Å²) in [6, 6.07) is 16.1. The first-order chi connectivity index (χ1) is 14.2. The summed E-state index contributed by atoms with van der Waals surface area (Å²) in [6.45, 7) is 4.11. The summed E-state index contributed by atoms with van der Waals surface area (Å²) < 4.78 is 20.0. The minimum Gasteiger partial charge on any atom is -0.497 e. The van der Waals surface area contributed by atoms with Gasteiger partial charge in [-0.15, -0.1) is 24.0 Å². The number of guanidine groups is 1. The maximum Gasteiger partial charge on any atom is 0.191 e. The molecule has 160 valence electrons. The Hall–Kier alpha value is -2.62. The van der Waals surface area contributed by atoms with Crippen LogP contribution >= 0.6 is 24.0 Å². The Balaban J connectivity index is 0.00000320. The summed E-state index contributed by atoms with van der Waals surface area (Å²) in [4.78, 5) is 4.62. The molecule has 30 heavy (non-hydrogen) atoms. The Kier molecular flexibility index (Phi) is 9.59. The molecule has 0 amide bonds. The lowest BCUT2D eigenvalue weighted by Gasteiger charge is -2.11. The van der Waals surface area contributed by atoms with Crippen LogP contribution in [0.4, 0.5) is 4.39 Å². The van der Waals surface area contributed by atoms with Gasteiger partial charge >= 0.3 is 0 Å². The van der Waals surface area contributed by atoms with Crippen LogP contribution in [0, 0.1) is 5.82 Å². The third-order valence-electron chi connectivity index (χ3n) is 4.33. The molecule has 0 aliphatic heterocycles. The van der Waals surface area contributed by atoms with E-state index in [-0.39, 0.29) is 29.8 Å². The van der Waals surface area contributed by atoms with Crippen LogP contribution in [0.2, 0.25) is 0 Å². The van der Waals surface area contributed by atoms with Crippen LogP contribution in [0.25, 0.3) is 5.69 Å². The van der Waals surface area contributed by atoms with Crippen molar-refractivity contribution in [2.24, 2.45) is 4.99 Å². The predicted octanol–water partition coefficient (Wildman–Crippen LogP) is 3.94. The molecular weight excluding hydrogens is 496 g/mol. The van der Waals surface area contributed by atoms with Crippen LogP contribution in [0.5, 0.6) is 5.75 Å². The molecule has 8 heteroatoms. The average Bonchev–Trinajstić information content (AvgIpc) is 3.22. The van der Waals surface area contributed by atoms with Crippen molar-refractivity contribution < 1.29 is 9.13 Å². The number of aromatic nitrogens is 2.